The van der Waals surface area contributed by atoms with Crippen LogP contribution in [0.25, 0.3) is 0 Å². The van der Waals surface area contributed by atoms with Crippen molar-refractivity contribution in [2.24, 2.45) is 34.6 Å². The number of carbonyl (C=O) groups excluding carboxylic acids is 1. The standard InChI is InChI=1S/C26H51N7O12/c27-8-2-26(42,3-8)25(41)33-11-1-10(29)14(19(38)22(11)45-24-21(40)15(30)17(36)13(7-35)44-24)23-16(31)20(39)18(37)12(43-23)5-32-4-9(28)6-34/h8-24,32,34-40,42H,1-7,27-31H2,(H,33,41). The first-order chi connectivity index (χ1) is 21.1. The van der Waals surface area contributed by atoms with Gasteiger partial charge in [0.1, 0.15) is 42.2 Å². The van der Waals surface area contributed by atoms with Gasteiger partial charge in [-0.2, -0.15) is 0 Å². The van der Waals surface area contributed by atoms with Crippen molar-refractivity contribution in [1.29, 1.82) is 0 Å². The van der Waals surface area contributed by atoms with Crippen LogP contribution in [0, 0.1) is 5.92 Å². The number of ether oxygens (including phenoxy) is 3. The predicted octanol–water partition coefficient (Wildman–Crippen LogP) is -9.09. The smallest absolute Gasteiger partial charge is 0.252 e. The Bertz CT molecular complexity index is 983. The molecule has 20 N–H and O–H groups in total. The van der Waals surface area contributed by atoms with E-state index in [0.29, 0.717) is 0 Å². The van der Waals surface area contributed by atoms with Crippen LogP contribution >= 0.6 is 0 Å². The van der Waals surface area contributed by atoms with E-state index in [0.717, 1.165) is 0 Å². The minimum atomic E-state index is -1.75. The molecule has 0 aromatic rings. The van der Waals surface area contributed by atoms with Gasteiger partial charge in [-0.15, -0.1) is 0 Å². The fourth-order valence-corrected chi connectivity index (χ4v) is 6.73. The van der Waals surface area contributed by atoms with E-state index in [1.54, 1.807) is 0 Å². The van der Waals surface area contributed by atoms with E-state index >= 15 is 0 Å². The van der Waals surface area contributed by atoms with Gasteiger partial charge in [-0.1, -0.05) is 0 Å². The van der Waals surface area contributed by atoms with Crippen molar-refractivity contribution >= 4 is 5.91 Å². The summed E-state index contributed by atoms with van der Waals surface area (Å²) in [6, 6.07) is -5.51. The minimum Gasteiger partial charge on any atom is -0.395 e. The molecular formula is C26H51N7O12. The highest BCUT2D eigenvalue weighted by Crippen LogP contribution is 2.38. The molecule has 16 atom stereocenters. The molecule has 2 saturated carbocycles. The van der Waals surface area contributed by atoms with Gasteiger partial charge < -0.3 is 94.4 Å². The van der Waals surface area contributed by atoms with Gasteiger partial charge in [-0.25, -0.2) is 0 Å². The Morgan fingerprint density at radius 2 is 1.58 bits per heavy atom. The predicted molar refractivity (Wildman–Crippen MR) is 153 cm³/mol. The molecule has 45 heavy (non-hydrogen) atoms. The Hall–Kier alpha value is -1.21. The summed E-state index contributed by atoms with van der Waals surface area (Å²) in [5, 5.41) is 89.5. The lowest BCUT2D eigenvalue weighted by Gasteiger charge is -2.52. The Morgan fingerprint density at radius 3 is 2.18 bits per heavy atom. The van der Waals surface area contributed by atoms with E-state index in [4.69, 9.17) is 42.9 Å². The molecule has 4 rings (SSSR count). The second-order valence-corrected chi connectivity index (χ2v) is 12.9. The lowest BCUT2D eigenvalue weighted by atomic mass is 9.71. The summed E-state index contributed by atoms with van der Waals surface area (Å²) in [6.07, 6.45) is -14.1. The van der Waals surface area contributed by atoms with E-state index in [1.807, 2.05) is 0 Å². The average molecular weight is 654 g/mol. The summed E-state index contributed by atoms with van der Waals surface area (Å²) >= 11 is 0. The van der Waals surface area contributed by atoms with Gasteiger partial charge in [0.2, 0.25) is 0 Å². The third-order valence-corrected chi connectivity index (χ3v) is 9.52. The number of amides is 1. The van der Waals surface area contributed by atoms with Gasteiger partial charge in [0.25, 0.3) is 5.91 Å². The molecule has 1 amide bonds. The number of aliphatic hydroxyl groups excluding tert-OH is 7. The Kier molecular flexibility index (Phi) is 12.1. The first kappa shape index (κ1) is 36.6. The number of rotatable bonds is 11. The average Bonchev–Trinajstić information content (AvgIpc) is 2.98. The first-order valence-corrected chi connectivity index (χ1v) is 15.2. The fourth-order valence-electron chi connectivity index (χ4n) is 6.73. The summed E-state index contributed by atoms with van der Waals surface area (Å²) < 4.78 is 17.7. The molecule has 2 saturated heterocycles. The quantitative estimate of drug-likeness (QED) is 0.0983. The van der Waals surface area contributed by atoms with Crippen molar-refractivity contribution in [1.82, 2.24) is 10.6 Å². The van der Waals surface area contributed by atoms with Gasteiger partial charge in [0, 0.05) is 50.0 Å². The van der Waals surface area contributed by atoms with Gasteiger partial charge in [0.15, 0.2) is 6.29 Å². The zero-order valence-corrected chi connectivity index (χ0v) is 24.9. The lowest BCUT2D eigenvalue weighted by molar-refractivity contribution is -0.307. The van der Waals surface area contributed by atoms with Crippen LogP contribution < -0.4 is 39.3 Å². The monoisotopic (exact) mass is 653 g/mol. The zero-order valence-electron chi connectivity index (χ0n) is 24.9. The molecule has 19 nitrogen and oxygen atoms in total. The molecule has 2 heterocycles. The molecule has 4 fully saturated rings. The molecule has 2 aliphatic heterocycles. The number of nitrogens with two attached hydrogens (primary N) is 5. The largest absolute Gasteiger partial charge is 0.395 e. The van der Waals surface area contributed by atoms with Crippen LogP contribution in [0.3, 0.4) is 0 Å². The van der Waals surface area contributed by atoms with Gasteiger partial charge in [0.05, 0.1) is 49.7 Å². The molecule has 0 bridgehead atoms. The second kappa shape index (κ2) is 14.9. The molecule has 4 aliphatic rings. The van der Waals surface area contributed by atoms with Crippen molar-refractivity contribution in [3.8, 4) is 0 Å². The molecule has 262 valence electrons. The van der Waals surface area contributed by atoms with Crippen molar-refractivity contribution < 1.29 is 59.9 Å². The molecular weight excluding hydrogens is 602 g/mol. The summed E-state index contributed by atoms with van der Waals surface area (Å²) in [7, 11) is 0. The molecule has 0 aromatic carbocycles. The van der Waals surface area contributed by atoms with Gasteiger partial charge >= 0.3 is 0 Å². The van der Waals surface area contributed by atoms with Crippen molar-refractivity contribution in [2.45, 2.75) is 122 Å². The third-order valence-electron chi connectivity index (χ3n) is 9.52. The number of nitrogens with one attached hydrogen (secondary N) is 2. The topological polar surface area (TPSA) is 361 Å². The van der Waals surface area contributed by atoms with E-state index in [9.17, 15) is 45.6 Å². The number of aliphatic hydroxyl groups is 8. The van der Waals surface area contributed by atoms with E-state index < -0.39 is 115 Å². The number of hydrogen-bond acceptors (Lipinski definition) is 18. The van der Waals surface area contributed by atoms with E-state index in [1.165, 1.54) is 0 Å². The normalized spacial score (nSPS) is 49.6. The number of hydrogen-bond donors (Lipinski definition) is 15. The highest BCUT2D eigenvalue weighted by Gasteiger charge is 2.56. The third kappa shape index (κ3) is 7.60. The van der Waals surface area contributed by atoms with Crippen LogP contribution in [0.5, 0.6) is 0 Å². The Labute approximate surface area is 259 Å². The molecule has 0 radical (unpaired) electrons. The lowest BCUT2D eigenvalue weighted by Crippen LogP contribution is -2.73. The van der Waals surface area contributed by atoms with E-state index in [2.05, 4.69) is 10.6 Å². The van der Waals surface area contributed by atoms with Crippen LogP contribution in [-0.2, 0) is 19.0 Å². The molecule has 2 aliphatic carbocycles. The maximum atomic E-state index is 13.1. The van der Waals surface area contributed by atoms with Crippen molar-refractivity contribution in [3.63, 3.8) is 0 Å². The fraction of sp³-hybridized carbons (Fsp3) is 0.962. The summed E-state index contributed by atoms with van der Waals surface area (Å²) in [6.45, 7) is -0.784. The maximum absolute atomic E-state index is 13.1. The van der Waals surface area contributed by atoms with Crippen LogP contribution in [0.4, 0.5) is 0 Å². The summed E-state index contributed by atoms with van der Waals surface area (Å²) in [5.41, 5.74) is 28.5. The highest BCUT2D eigenvalue weighted by molar-refractivity contribution is 5.86. The van der Waals surface area contributed by atoms with Crippen LogP contribution in [0.1, 0.15) is 19.3 Å². The molecule has 16 unspecified atom stereocenters. The highest BCUT2D eigenvalue weighted by atomic mass is 16.7. The summed E-state index contributed by atoms with van der Waals surface area (Å²) in [5.74, 6) is -1.85. The first-order valence-electron chi connectivity index (χ1n) is 15.2. The van der Waals surface area contributed by atoms with Gasteiger partial charge in [-0.05, 0) is 6.42 Å². The molecule has 0 spiro atoms. The second-order valence-electron chi connectivity index (χ2n) is 12.9. The van der Waals surface area contributed by atoms with E-state index in [-0.39, 0.29) is 45.0 Å². The van der Waals surface area contributed by atoms with Crippen LogP contribution in [0.15, 0.2) is 0 Å². The van der Waals surface area contributed by atoms with Crippen molar-refractivity contribution in [2.75, 3.05) is 26.3 Å². The molecule has 19 heteroatoms. The minimum absolute atomic E-state index is 0.00258. The SMILES string of the molecule is NC(CO)CNCC1OC(C2C(N)CC(NC(=O)C3(O)CC(N)C3)C(OC3OC(CO)C(O)C(N)C3O)C2O)C(N)C(O)C1O. The Balaban J connectivity index is 1.58. The summed E-state index contributed by atoms with van der Waals surface area (Å²) in [4.78, 5) is 13.1. The Morgan fingerprint density at radius 1 is 0.911 bits per heavy atom. The van der Waals surface area contributed by atoms with Crippen molar-refractivity contribution in [3.05, 3.63) is 0 Å². The van der Waals surface area contributed by atoms with Gasteiger partial charge in [-0.3, -0.25) is 4.79 Å². The molecule has 0 aromatic heterocycles. The zero-order chi connectivity index (χ0) is 33.4. The van der Waals surface area contributed by atoms with Crippen LogP contribution in [0.2, 0.25) is 0 Å². The maximum Gasteiger partial charge on any atom is 0.252 e. The number of carbonyl (C=O) groups is 1. The van der Waals surface area contributed by atoms with Crippen LogP contribution in [-0.4, -0.2) is 176 Å².